The molecule has 1 aromatic carbocycles. The van der Waals surface area contributed by atoms with E-state index in [9.17, 15) is 9.90 Å². The Bertz CT molecular complexity index is 660. The minimum Gasteiger partial charge on any atom is -0.441 e. The summed E-state index contributed by atoms with van der Waals surface area (Å²) in [6, 6.07) is 9.46. The number of β-amino-alcohol motifs (C(OH)–C–C–N with tert-alkyl or cyclic N) is 1. The van der Waals surface area contributed by atoms with Crippen molar-refractivity contribution in [1.29, 1.82) is 0 Å². The summed E-state index contributed by atoms with van der Waals surface area (Å²) in [5, 5.41) is 15.6. The summed E-state index contributed by atoms with van der Waals surface area (Å²) in [6.07, 6.45) is -0.418. The van der Waals surface area contributed by atoms with Crippen molar-refractivity contribution in [2.75, 3.05) is 19.6 Å². The van der Waals surface area contributed by atoms with Crippen molar-refractivity contribution < 1.29 is 14.3 Å². The standard InChI is InChI=1S/C16H19N3O3.ClH/c1-10-14(15(21)18-8-12-7-17-9-13(12)20)19-16(22-10)11-5-3-2-4-6-11;/h2-6,12-13,17,20H,7-9H2,1H3,(H,18,21);1H. The van der Waals surface area contributed by atoms with Gasteiger partial charge in [0, 0.05) is 31.1 Å². The third kappa shape index (κ3) is 3.90. The fraction of sp³-hybridized carbons (Fsp3) is 0.375. The van der Waals surface area contributed by atoms with Crippen LogP contribution in [0.4, 0.5) is 0 Å². The minimum absolute atomic E-state index is 0. The lowest BCUT2D eigenvalue weighted by Crippen LogP contribution is -2.34. The monoisotopic (exact) mass is 337 g/mol. The highest BCUT2D eigenvalue weighted by Crippen LogP contribution is 2.21. The van der Waals surface area contributed by atoms with Gasteiger partial charge in [-0.25, -0.2) is 4.98 Å². The Morgan fingerprint density at radius 3 is 2.78 bits per heavy atom. The molecule has 1 aliphatic heterocycles. The highest BCUT2D eigenvalue weighted by Gasteiger charge is 2.26. The van der Waals surface area contributed by atoms with Crippen molar-refractivity contribution in [3.8, 4) is 11.5 Å². The minimum atomic E-state index is -0.418. The molecule has 1 aliphatic rings. The first kappa shape index (κ1) is 17.5. The van der Waals surface area contributed by atoms with Crippen LogP contribution in [0.1, 0.15) is 16.2 Å². The maximum Gasteiger partial charge on any atom is 0.273 e. The number of hydrogen-bond acceptors (Lipinski definition) is 5. The summed E-state index contributed by atoms with van der Waals surface area (Å²) in [4.78, 5) is 16.5. The Morgan fingerprint density at radius 2 is 2.13 bits per heavy atom. The molecule has 2 atom stereocenters. The van der Waals surface area contributed by atoms with E-state index >= 15 is 0 Å². The molecule has 0 aliphatic carbocycles. The molecule has 2 heterocycles. The molecular formula is C16H20ClN3O3. The zero-order chi connectivity index (χ0) is 15.5. The molecule has 124 valence electrons. The van der Waals surface area contributed by atoms with E-state index in [1.54, 1.807) is 6.92 Å². The summed E-state index contributed by atoms with van der Waals surface area (Å²) >= 11 is 0. The van der Waals surface area contributed by atoms with Crippen molar-refractivity contribution >= 4 is 18.3 Å². The van der Waals surface area contributed by atoms with Crippen LogP contribution in [0.3, 0.4) is 0 Å². The number of aryl methyl sites for hydroxylation is 1. The summed E-state index contributed by atoms with van der Waals surface area (Å²) in [5.41, 5.74) is 1.12. The van der Waals surface area contributed by atoms with Crippen LogP contribution in [-0.2, 0) is 0 Å². The molecule has 3 rings (SSSR count). The Morgan fingerprint density at radius 1 is 1.39 bits per heavy atom. The van der Waals surface area contributed by atoms with Gasteiger partial charge in [0.15, 0.2) is 5.69 Å². The molecule has 0 saturated carbocycles. The van der Waals surface area contributed by atoms with E-state index in [2.05, 4.69) is 15.6 Å². The van der Waals surface area contributed by atoms with E-state index in [0.29, 0.717) is 37.0 Å². The molecule has 1 amide bonds. The fourth-order valence-corrected chi connectivity index (χ4v) is 2.55. The number of nitrogens with one attached hydrogen (secondary N) is 2. The third-order valence-corrected chi connectivity index (χ3v) is 3.86. The van der Waals surface area contributed by atoms with Gasteiger partial charge in [-0.05, 0) is 19.1 Å². The fourth-order valence-electron chi connectivity index (χ4n) is 2.55. The van der Waals surface area contributed by atoms with Crippen LogP contribution < -0.4 is 10.6 Å². The average molecular weight is 338 g/mol. The van der Waals surface area contributed by atoms with Crippen molar-refractivity contribution in [3.05, 3.63) is 41.8 Å². The lowest BCUT2D eigenvalue weighted by atomic mass is 10.1. The number of benzene rings is 1. The number of aromatic nitrogens is 1. The molecule has 0 radical (unpaired) electrons. The maximum absolute atomic E-state index is 12.2. The maximum atomic E-state index is 12.2. The van der Waals surface area contributed by atoms with Crippen molar-refractivity contribution in [3.63, 3.8) is 0 Å². The first-order valence-corrected chi connectivity index (χ1v) is 7.35. The summed E-state index contributed by atoms with van der Waals surface area (Å²) < 4.78 is 5.58. The van der Waals surface area contributed by atoms with Crippen molar-refractivity contribution in [2.24, 2.45) is 5.92 Å². The van der Waals surface area contributed by atoms with E-state index in [4.69, 9.17) is 4.42 Å². The smallest absolute Gasteiger partial charge is 0.273 e. The van der Waals surface area contributed by atoms with Gasteiger partial charge in [0.1, 0.15) is 5.76 Å². The van der Waals surface area contributed by atoms with Gasteiger partial charge >= 0.3 is 0 Å². The molecule has 1 saturated heterocycles. The van der Waals surface area contributed by atoms with Gasteiger partial charge in [-0.3, -0.25) is 4.79 Å². The molecule has 2 aromatic rings. The predicted molar refractivity (Wildman–Crippen MR) is 88.6 cm³/mol. The van der Waals surface area contributed by atoms with E-state index in [0.717, 1.165) is 5.56 Å². The van der Waals surface area contributed by atoms with Gasteiger partial charge in [0.05, 0.1) is 6.10 Å². The number of aliphatic hydroxyl groups is 1. The molecule has 0 bridgehead atoms. The number of oxazole rings is 1. The molecule has 1 aromatic heterocycles. The highest BCUT2D eigenvalue weighted by atomic mass is 35.5. The molecule has 7 heteroatoms. The van der Waals surface area contributed by atoms with Crippen LogP contribution in [0.25, 0.3) is 11.5 Å². The summed E-state index contributed by atoms with van der Waals surface area (Å²) in [7, 11) is 0. The zero-order valence-corrected chi connectivity index (χ0v) is 13.6. The number of aliphatic hydroxyl groups excluding tert-OH is 1. The topological polar surface area (TPSA) is 87.4 Å². The van der Waals surface area contributed by atoms with Crippen LogP contribution in [0, 0.1) is 12.8 Å². The van der Waals surface area contributed by atoms with Gasteiger partial charge in [-0.2, -0.15) is 0 Å². The largest absolute Gasteiger partial charge is 0.441 e. The number of carbonyl (C=O) groups is 1. The van der Waals surface area contributed by atoms with Gasteiger partial charge in [-0.1, -0.05) is 18.2 Å². The molecule has 1 fully saturated rings. The lowest BCUT2D eigenvalue weighted by molar-refractivity contribution is 0.0921. The zero-order valence-electron chi connectivity index (χ0n) is 12.8. The molecule has 0 spiro atoms. The third-order valence-electron chi connectivity index (χ3n) is 3.86. The van der Waals surface area contributed by atoms with E-state index < -0.39 is 6.10 Å². The van der Waals surface area contributed by atoms with Crippen molar-refractivity contribution in [2.45, 2.75) is 13.0 Å². The summed E-state index contributed by atoms with van der Waals surface area (Å²) in [6.45, 7) is 3.41. The predicted octanol–water partition coefficient (Wildman–Crippen LogP) is 1.38. The number of carbonyl (C=O) groups excluding carboxylic acids is 1. The SMILES string of the molecule is Cc1oc(-c2ccccc2)nc1C(=O)NCC1CNCC1O.Cl. The second-order valence-corrected chi connectivity index (χ2v) is 5.49. The Labute approximate surface area is 140 Å². The van der Waals surface area contributed by atoms with Gasteiger partial charge < -0.3 is 20.2 Å². The van der Waals surface area contributed by atoms with Crippen LogP contribution in [0.2, 0.25) is 0 Å². The second kappa shape index (κ2) is 7.59. The second-order valence-electron chi connectivity index (χ2n) is 5.49. The number of hydrogen-bond donors (Lipinski definition) is 3. The molecule has 6 nitrogen and oxygen atoms in total. The number of amides is 1. The Kier molecular flexibility index (Phi) is 5.76. The number of rotatable bonds is 4. The van der Waals surface area contributed by atoms with Gasteiger partial charge in [0.2, 0.25) is 5.89 Å². The van der Waals surface area contributed by atoms with E-state index in [1.807, 2.05) is 30.3 Å². The normalized spacial score (nSPS) is 20.1. The Balaban J connectivity index is 0.00000192. The first-order chi connectivity index (χ1) is 10.6. The number of halogens is 1. The molecule has 23 heavy (non-hydrogen) atoms. The van der Waals surface area contributed by atoms with Gasteiger partial charge in [0.25, 0.3) is 5.91 Å². The Hall–Kier alpha value is -1.89. The average Bonchev–Trinajstić information content (AvgIpc) is 3.12. The van der Waals surface area contributed by atoms with E-state index in [-0.39, 0.29) is 24.2 Å². The van der Waals surface area contributed by atoms with Crippen molar-refractivity contribution in [1.82, 2.24) is 15.6 Å². The van der Waals surface area contributed by atoms with Crippen LogP contribution in [0.5, 0.6) is 0 Å². The summed E-state index contributed by atoms with van der Waals surface area (Å²) in [5.74, 6) is 0.680. The van der Waals surface area contributed by atoms with Crippen LogP contribution in [-0.4, -0.2) is 41.7 Å². The number of nitrogens with zero attached hydrogens (tertiary/aromatic N) is 1. The van der Waals surface area contributed by atoms with E-state index in [1.165, 1.54) is 0 Å². The lowest BCUT2D eigenvalue weighted by Gasteiger charge is -2.13. The van der Waals surface area contributed by atoms with Crippen LogP contribution >= 0.6 is 12.4 Å². The van der Waals surface area contributed by atoms with Crippen LogP contribution in [0.15, 0.2) is 34.7 Å². The quantitative estimate of drug-likeness (QED) is 0.784. The molecule has 3 N–H and O–H groups in total. The molecular weight excluding hydrogens is 318 g/mol. The first-order valence-electron chi connectivity index (χ1n) is 7.35. The van der Waals surface area contributed by atoms with Gasteiger partial charge in [-0.15, -0.1) is 12.4 Å². The molecule has 2 unspecified atom stereocenters. The highest BCUT2D eigenvalue weighted by molar-refractivity contribution is 5.93.